The predicted octanol–water partition coefficient (Wildman–Crippen LogP) is 1.94. The van der Waals surface area contributed by atoms with Crippen molar-refractivity contribution in [1.29, 1.82) is 5.26 Å². The van der Waals surface area contributed by atoms with Crippen molar-refractivity contribution < 1.29 is 0 Å². The van der Waals surface area contributed by atoms with E-state index < -0.39 is 0 Å². The summed E-state index contributed by atoms with van der Waals surface area (Å²) in [6.07, 6.45) is 1.74. The number of imidazole rings is 1. The molecule has 0 aliphatic heterocycles. The first kappa shape index (κ1) is 10.2. The van der Waals surface area contributed by atoms with Crippen LogP contribution in [0, 0.1) is 25.2 Å². The van der Waals surface area contributed by atoms with Crippen molar-refractivity contribution in [3.05, 3.63) is 41.5 Å². The molecule has 2 N–H and O–H groups in total. The molecule has 0 unspecified atom stereocenters. The van der Waals surface area contributed by atoms with Crippen molar-refractivity contribution in [3.63, 3.8) is 0 Å². The van der Waals surface area contributed by atoms with Gasteiger partial charge in [-0.25, -0.2) is 4.98 Å². The average Bonchev–Trinajstić information content (AvgIpc) is 2.60. The molecule has 0 bridgehead atoms. The number of nitriles is 1. The number of anilines is 1. The van der Waals surface area contributed by atoms with Crippen LogP contribution in [0.1, 0.15) is 17.0 Å². The van der Waals surface area contributed by atoms with E-state index in [1.165, 1.54) is 0 Å². The number of hydrogen-bond acceptors (Lipinski definition) is 3. The molecule has 2 rings (SSSR count). The minimum absolute atomic E-state index is 0.566. The Bertz CT molecular complexity index is 575. The molecule has 0 aliphatic carbocycles. The normalized spacial score (nSPS) is 10.1. The van der Waals surface area contributed by atoms with Crippen LogP contribution in [0.4, 0.5) is 5.69 Å². The quantitative estimate of drug-likeness (QED) is 0.734. The third-order valence-electron chi connectivity index (χ3n) is 2.67. The number of aromatic nitrogens is 2. The average molecular weight is 212 g/mol. The van der Waals surface area contributed by atoms with Crippen molar-refractivity contribution in [2.75, 3.05) is 5.73 Å². The summed E-state index contributed by atoms with van der Waals surface area (Å²) < 4.78 is 1.92. The summed E-state index contributed by atoms with van der Waals surface area (Å²) in [5, 5.41) is 8.76. The number of aryl methyl sites for hydroxylation is 1. The number of hydrogen-bond donors (Lipinski definition) is 1. The molecule has 0 radical (unpaired) electrons. The van der Waals surface area contributed by atoms with Gasteiger partial charge in [0, 0.05) is 5.69 Å². The maximum Gasteiger partial charge on any atom is 0.0998 e. The fourth-order valence-electron chi connectivity index (χ4n) is 1.59. The Morgan fingerprint density at radius 3 is 2.62 bits per heavy atom. The summed E-state index contributed by atoms with van der Waals surface area (Å²) in [6.45, 7) is 3.94. The number of nitrogens with two attached hydrogens (primary N) is 1. The molecule has 0 atom stereocenters. The minimum atomic E-state index is 0.566. The minimum Gasteiger partial charge on any atom is -0.397 e. The smallest absolute Gasteiger partial charge is 0.0998 e. The van der Waals surface area contributed by atoms with Crippen LogP contribution in [-0.4, -0.2) is 9.55 Å². The maximum atomic E-state index is 8.76. The van der Waals surface area contributed by atoms with Gasteiger partial charge < -0.3 is 10.3 Å². The molecule has 1 heterocycles. The second kappa shape index (κ2) is 3.70. The topological polar surface area (TPSA) is 67.6 Å². The van der Waals surface area contributed by atoms with E-state index in [0.29, 0.717) is 11.3 Å². The standard InChI is InChI=1S/C12H12N4/c1-8-9(2)16(7-15-8)12-4-3-10(6-13)5-11(12)14/h3-5,7H,14H2,1-2H3. The monoisotopic (exact) mass is 212 g/mol. The van der Waals surface area contributed by atoms with Crippen molar-refractivity contribution in [2.24, 2.45) is 0 Å². The molecular formula is C12H12N4. The molecule has 1 aromatic carbocycles. The van der Waals surface area contributed by atoms with Gasteiger partial charge in [0.1, 0.15) is 0 Å². The summed E-state index contributed by atoms with van der Waals surface area (Å²) in [7, 11) is 0. The van der Waals surface area contributed by atoms with Gasteiger partial charge in [-0.05, 0) is 32.0 Å². The van der Waals surface area contributed by atoms with Gasteiger partial charge in [-0.3, -0.25) is 0 Å². The van der Waals surface area contributed by atoms with Crippen LogP contribution < -0.4 is 5.73 Å². The van der Waals surface area contributed by atoms with Crippen LogP contribution in [0.5, 0.6) is 0 Å². The molecule has 2 aromatic rings. The SMILES string of the molecule is Cc1ncn(-c2ccc(C#N)cc2N)c1C. The van der Waals surface area contributed by atoms with E-state index >= 15 is 0 Å². The van der Waals surface area contributed by atoms with Gasteiger partial charge >= 0.3 is 0 Å². The van der Waals surface area contributed by atoms with Gasteiger partial charge in [-0.1, -0.05) is 0 Å². The fraction of sp³-hybridized carbons (Fsp3) is 0.167. The lowest BCUT2D eigenvalue weighted by Crippen LogP contribution is -2.01. The zero-order valence-corrected chi connectivity index (χ0v) is 9.23. The van der Waals surface area contributed by atoms with Crippen LogP contribution in [0.2, 0.25) is 0 Å². The van der Waals surface area contributed by atoms with Crippen LogP contribution in [0.3, 0.4) is 0 Å². The van der Waals surface area contributed by atoms with Crippen molar-refractivity contribution >= 4 is 5.69 Å². The lowest BCUT2D eigenvalue weighted by molar-refractivity contribution is 1.00. The van der Waals surface area contributed by atoms with E-state index in [0.717, 1.165) is 17.1 Å². The largest absolute Gasteiger partial charge is 0.397 e. The molecule has 0 spiro atoms. The Labute approximate surface area is 94.0 Å². The molecule has 0 amide bonds. The van der Waals surface area contributed by atoms with Crippen LogP contribution in [-0.2, 0) is 0 Å². The van der Waals surface area contributed by atoms with Crippen LogP contribution in [0.15, 0.2) is 24.5 Å². The van der Waals surface area contributed by atoms with Crippen molar-refractivity contribution in [1.82, 2.24) is 9.55 Å². The molecule has 80 valence electrons. The van der Waals surface area contributed by atoms with Gasteiger partial charge in [0.05, 0.1) is 35.0 Å². The van der Waals surface area contributed by atoms with Gasteiger partial charge in [-0.2, -0.15) is 5.26 Å². The summed E-state index contributed by atoms with van der Waals surface area (Å²) in [4.78, 5) is 4.22. The zero-order chi connectivity index (χ0) is 11.7. The number of nitrogens with zero attached hydrogens (tertiary/aromatic N) is 3. The fourth-order valence-corrected chi connectivity index (χ4v) is 1.59. The van der Waals surface area contributed by atoms with Gasteiger partial charge in [0.25, 0.3) is 0 Å². The van der Waals surface area contributed by atoms with Crippen molar-refractivity contribution in [3.8, 4) is 11.8 Å². The number of benzene rings is 1. The van der Waals surface area contributed by atoms with Gasteiger partial charge in [0.15, 0.2) is 0 Å². The molecule has 4 heteroatoms. The van der Waals surface area contributed by atoms with Crippen molar-refractivity contribution in [2.45, 2.75) is 13.8 Å². The Kier molecular flexibility index (Phi) is 2.37. The molecule has 4 nitrogen and oxygen atoms in total. The lowest BCUT2D eigenvalue weighted by atomic mass is 10.2. The first-order valence-electron chi connectivity index (χ1n) is 4.94. The third kappa shape index (κ3) is 1.52. The summed E-state index contributed by atoms with van der Waals surface area (Å²) >= 11 is 0. The first-order valence-corrected chi connectivity index (χ1v) is 4.94. The number of rotatable bonds is 1. The Hall–Kier alpha value is -2.28. The Balaban J connectivity index is 2.58. The van der Waals surface area contributed by atoms with Gasteiger partial charge in [-0.15, -0.1) is 0 Å². The second-order valence-corrected chi connectivity index (χ2v) is 3.67. The Morgan fingerprint density at radius 2 is 2.12 bits per heavy atom. The van der Waals surface area contributed by atoms with E-state index in [2.05, 4.69) is 11.1 Å². The molecule has 0 fully saturated rings. The molecule has 16 heavy (non-hydrogen) atoms. The highest BCUT2D eigenvalue weighted by atomic mass is 15.1. The van der Waals surface area contributed by atoms with Crippen LogP contribution in [0.25, 0.3) is 5.69 Å². The van der Waals surface area contributed by atoms with E-state index in [-0.39, 0.29) is 0 Å². The summed E-state index contributed by atoms with van der Waals surface area (Å²) in [5.41, 5.74) is 9.94. The first-order chi connectivity index (χ1) is 7.63. The highest BCUT2D eigenvalue weighted by Gasteiger charge is 2.07. The highest BCUT2D eigenvalue weighted by Crippen LogP contribution is 2.21. The molecule has 0 aliphatic rings. The third-order valence-corrected chi connectivity index (χ3v) is 2.67. The highest BCUT2D eigenvalue weighted by molar-refractivity contribution is 5.61. The molecular weight excluding hydrogens is 200 g/mol. The maximum absolute atomic E-state index is 8.76. The summed E-state index contributed by atoms with van der Waals surface area (Å²) in [5.74, 6) is 0. The Morgan fingerprint density at radius 1 is 1.38 bits per heavy atom. The molecule has 1 aromatic heterocycles. The second-order valence-electron chi connectivity index (χ2n) is 3.67. The van der Waals surface area contributed by atoms with Crippen LogP contribution >= 0.6 is 0 Å². The number of nitrogen functional groups attached to an aromatic ring is 1. The summed E-state index contributed by atoms with van der Waals surface area (Å²) in [6, 6.07) is 7.32. The van der Waals surface area contributed by atoms with E-state index in [1.807, 2.05) is 24.5 Å². The zero-order valence-electron chi connectivity index (χ0n) is 9.23. The lowest BCUT2D eigenvalue weighted by Gasteiger charge is -2.08. The van der Waals surface area contributed by atoms with E-state index in [9.17, 15) is 0 Å². The van der Waals surface area contributed by atoms with E-state index in [1.54, 1.807) is 18.5 Å². The predicted molar refractivity (Wildman–Crippen MR) is 62.2 cm³/mol. The van der Waals surface area contributed by atoms with Gasteiger partial charge in [0.2, 0.25) is 0 Å². The molecule has 0 saturated heterocycles. The molecule has 0 saturated carbocycles. The van der Waals surface area contributed by atoms with E-state index in [4.69, 9.17) is 11.0 Å².